The number of thiophene rings is 1. The van der Waals surface area contributed by atoms with Gasteiger partial charge >= 0.3 is 0 Å². The highest BCUT2D eigenvalue weighted by atomic mass is 32.1. The highest BCUT2D eigenvalue weighted by molar-refractivity contribution is 7.17. The zero-order valence-corrected chi connectivity index (χ0v) is 22.0. The number of carbonyl (C=O) groups excluding carboxylic acids is 3. The first kappa shape index (κ1) is 24.5. The van der Waals surface area contributed by atoms with E-state index in [1.54, 1.807) is 30.3 Å². The summed E-state index contributed by atoms with van der Waals surface area (Å²) >= 11 is 1.64. The van der Waals surface area contributed by atoms with Gasteiger partial charge in [-0.2, -0.15) is 0 Å². The quantitative estimate of drug-likeness (QED) is 0.549. The lowest BCUT2D eigenvalue weighted by Gasteiger charge is -2.45. The molecule has 1 saturated heterocycles. The van der Waals surface area contributed by atoms with Crippen LogP contribution in [0.5, 0.6) is 0 Å². The van der Waals surface area contributed by atoms with E-state index < -0.39 is 18.1 Å². The summed E-state index contributed by atoms with van der Waals surface area (Å²) in [5.74, 6) is -0.385. The average molecular weight is 504 g/mol. The van der Waals surface area contributed by atoms with Crippen LogP contribution in [-0.4, -0.2) is 53.7 Å². The molecule has 0 unspecified atom stereocenters. The summed E-state index contributed by atoms with van der Waals surface area (Å²) in [5, 5.41) is 6.13. The molecule has 3 aromatic rings. The van der Waals surface area contributed by atoms with E-state index in [4.69, 9.17) is 0 Å². The molecular weight excluding hydrogens is 470 g/mol. The van der Waals surface area contributed by atoms with Crippen molar-refractivity contribution < 1.29 is 14.4 Å². The van der Waals surface area contributed by atoms with E-state index in [9.17, 15) is 14.4 Å². The van der Waals surface area contributed by atoms with E-state index >= 15 is 0 Å². The zero-order valence-electron chi connectivity index (χ0n) is 21.2. The topological polar surface area (TPSA) is 69.7 Å². The molecule has 2 heterocycles. The molecule has 3 atom stereocenters. The number of hydrogen-bond donors (Lipinski definition) is 1. The van der Waals surface area contributed by atoms with Gasteiger partial charge in [-0.1, -0.05) is 44.2 Å². The van der Waals surface area contributed by atoms with Gasteiger partial charge in [-0.15, -0.1) is 11.3 Å². The van der Waals surface area contributed by atoms with Gasteiger partial charge in [0, 0.05) is 18.8 Å². The van der Waals surface area contributed by atoms with E-state index in [1.165, 1.54) is 16.0 Å². The number of piperazine rings is 1. The Labute approximate surface area is 216 Å². The number of amides is 3. The van der Waals surface area contributed by atoms with Crippen LogP contribution in [0.1, 0.15) is 43.0 Å². The van der Waals surface area contributed by atoms with Gasteiger partial charge in [0.05, 0.1) is 0 Å². The summed E-state index contributed by atoms with van der Waals surface area (Å²) in [5.41, 5.74) is 3.19. The number of fused-ring (bicyclic) bond motifs is 2. The number of nitrogens with one attached hydrogen (secondary N) is 1. The van der Waals surface area contributed by atoms with Gasteiger partial charge in [0.15, 0.2) is 0 Å². The van der Waals surface area contributed by atoms with Crippen molar-refractivity contribution in [2.45, 2.75) is 51.2 Å². The van der Waals surface area contributed by atoms with Crippen molar-refractivity contribution in [3.63, 3.8) is 0 Å². The lowest BCUT2D eigenvalue weighted by atomic mass is 9.87. The molecule has 188 valence electrons. The second-order valence-corrected chi connectivity index (χ2v) is 11.6. The van der Waals surface area contributed by atoms with Crippen LogP contribution in [0.4, 0.5) is 0 Å². The molecule has 0 bridgehead atoms. The molecule has 7 heteroatoms. The Bertz CT molecular complexity index is 1290. The number of benzene rings is 2. The van der Waals surface area contributed by atoms with Crippen LogP contribution in [-0.2, 0) is 27.2 Å². The van der Waals surface area contributed by atoms with Crippen LogP contribution in [0.2, 0.25) is 0 Å². The van der Waals surface area contributed by atoms with E-state index in [2.05, 4.69) is 17.4 Å². The average Bonchev–Trinajstić information content (AvgIpc) is 3.49. The molecule has 0 saturated carbocycles. The highest BCUT2D eigenvalue weighted by Crippen LogP contribution is 2.36. The molecule has 0 radical (unpaired) electrons. The standard InChI is InChI=1S/C29H33N3O3S/c1-17(2)13-23-27(33)30-25(22-14-18-7-5-6-8-19(18)15-22)28(34)32(23)26(29(35)31(3)4)21-9-10-24-20(16-21)11-12-36-24/h5-12,16-17,22-23,25-26H,13-15H2,1-4H3,(H,30,33)/t23-,25-,26-/m1/s1. The molecule has 1 N–H and O–H groups in total. The fraction of sp³-hybridized carbons (Fsp3) is 0.414. The van der Waals surface area contributed by atoms with E-state index in [-0.39, 0.29) is 29.6 Å². The third kappa shape index (κ3) is 4.41. The van der Waals surface area contributed by atoms with Crippen molar-refractivity contribution in [1.82, 2.24) is 15.1 Å². The maximum atomic E-state index is 14.3. The molecule has 6 nitrogen and oxygen atoms in total. The van der Waals surface area contributed by atoms with Crippen LogP contribution < -0.4 is 5.32 Å². The summed E-state index contributed by atoms with van der Waals surface area (Å²) in [7, 11) is 3.41. The van der Waals surface area contributed by atoms with Gasteiger partial charge in [0.2, 0.25) is 17.7 Å². The lowest BCUT2D eigenvalue weighted by molar-refractivity contribution is -0.159. The second kappa shape index (κ2) is 9.69. The maximum absolute atomic E-state index is 14.3. The van der Waals surface area contributed by atoms with Crippen molar-refractivity contribution in [3.05, 3.63) is 70.6 Å². The summed E-state index contributed by atoms with van der Waals surface area (Å²) in [6.45, 7) is 4.08. The maximum Gasteiger partial charge on any atom is 0.249 e. The molecule has 2 aromatic carbocycles. The number of nitrogens with zero attached hydrogens (tertiary/aromatic N) is 2. The van der Waals surface area contributed by atoms with Gasteiger partial charge in [0.25, 0.3) is 0 Å². The Morgan fingerprint density at radius 2 is 1.78 bits per heavy atom. The van der Waals surface area contributed by atoms with Crippen LogP contribution >= 0.6 is 11.3 Å². The largest absolute Gasteiger partial charge is 0.347 e. The monoisotopic (exact) mass is 503 g/mol. The summed E-state index contributed by atoms with van der Waals surface area (Å²) in [6.07, 6.45) is 1.97. The number of carbonyl (C=O) groups is 3. The Morgan fingerprint density at radius 3 is 2.42 bits per heavy atom. The minimum atomic E-state index is -0.863. The first-order chi connectivity index (χ1) is 17.2. The van der Waals surface area contributed by atoms with Crippen molar-refractivity contribution in [2.24, 2.45) is 11.8 Å². The van der Waals surface area contributed by atoms with E-state index in [1.807, 2.05) is 55.6 Å². The number of likely N-dealkylation sites (N-methyl/N-ethyl adjacent to an activating group) is 1. The van der Waals surface area contributed by atoms with Crippen molar-refractivity contribution in [1.29, 1.82) is 0 Å². The Balaban J connectivity index is 1.57. The molecule has 0 spiro atoms. The predicted molar refractivity (Wildman–Crippen MR) is 143 cm³/mol. The summed E-state index contributed by atoms with van der Waals surface area (Å²) < 4.78 is 1.12. The van der Waals surface area contributed by atoms with Gasteiger partial charge in [-0.25, -0.2) is 0 Å². The molecule has 1 aliphatic heterocycles. The fourth-order valence-electron chi connectivity index (χ4n) is 5.70. The van der Waals surface area contributed by atoms with Gasteiger partial charge in [-0.3, -0.25) is 14.4 Å². The molecular formula is C29H33N3O3S. The molecule has 3 amide bonds. The molecule has 5 rings (SSSR count). The predicted octanol–water partition coefficient (Wildman–Crippen LogP) is 4.19. The molecule has 36 heavy (non-hydrogen) atoms. The number of rotatable bonds is 6. The van der Waals surface area contributed by atoms with Crippen molar-refractivity contribution >= 4 is 39.1 Å². The van der Waals surface area contributed by atoms with Crippen molar-refractivity contribution in [2.75, 3.05) is 14.1 Å². The van der Waals surface area contributed by atoms with E-state index in [0.29, 0.717) is 6.42 Å². The van der Waals surface area contributed by atoms with Gasteiger partial charge in [-0.05, 0) is 76.8 Å². The minimum absolute atomic E-state index is 0.0317. The fourth-order valence-corrected chi connectivity index (χ4v) is 6.47. The molecule has 2 aliphatic rings. The lowest BCUT2D eigenvalue weighted by Crippen LogP contribution is -2.67. The van der Waals surface area contributed by atoms with Crippen LogP contribution in [0.25, 0.3) is 10.1 Å². The Hall–Kier alpha value is -3.19. The normalized spacial score (nSPS) is 21.1. The third-order valence-electron chi connectivity index (χ3n) is 7.45. The van der Waals surface area contributed by atoms with Crippen LogP contribution in [0, 0.1) is 11.8 Å². The molecule has 1 aliphatic carbocycles. The van der Waals surface area contributed by atoms with Gasteiger partial charge < -0.3 is 15.1 Å². The van der Waals surface area contributed by atoms with Crippen molar-refractivity contribution in [3.8, 4) is 0 Å². The first-order valence-electron chi connectivity index (χ1n) is 12.6. The molecule has 1 fully saturated rings. The van der Waals surface area contributed by atoms with E-state index in [0.717, 1.165) is 28.5 Å². The van der Waals surface area contributed by atoms with Gasteiger partial charge in [0.1, 0.15) is 18.1 Å². The third-order valence-corrected chi connectivity index (χ3v) is 8.35. The Morgan fingerprint density at radius 1 is 1.08 bits per heavy atom. The summed E-state index contributed by atoms with van der Waals surface area (Å²) in [4.78, 5) is 44.7. The summed E-state index contributed by atoms with van der Waals surface area (Å²) in [6, 6.07) is 13.9. The zero-order chi connectivity index (χ0) is 25.6. The second-order valence-electron chi connectivity index (χ2n) is 10.7. The first-order valence-corrected chi connectivity index (χ1v) is 13.5. The van der Waals surface area contributed by atoms with Crippen LogP contribution in [0.15, 0.2) is 53.9 Å². The smallest absolute Gasteiger partial charge is 0.249 e. The number of hydrogen-bond acceptors (Lipinski definition) is 4. The van der Waals surface area contributed by atoms with Crippen LogP contribution in [0.3, 0.4) is 0 Å². The molecule has 1 aromatic heterocycles. The SMILES string of the molecule is CC(C)C[C@@H]1C(=O)N[C@H](C2Cc3ccccc3C2)C(=O)N1[C@@H](C(=O)N(C)C)c1ccc2sccc2c1. The Kier molecular flexibility index (Phi) is 6.60. The highest BCUT2D eigenvalue weighted by Gasteiger charge is 2.49. The minimum Gasteiger partial charge on any atom is -0.347 e.